The standard InChI is InChI=1S/C25H22Br2F4N4O6P2/c1-35-33-22(32-34-35)23(17-5-3-2-4-6-17,13-15-7-9-18(20(26)11-15)24(28,29)42(36,37)38)14-16-8-10-19(21(27)12-16)25(30,31)43(39,40)41/h2-12H,13-14H2,1H3,(H2,36,37,38)(H2,39,40,41). The maximum Gasteiger partial charge on any atom is 0.399 e. The van der Waals surface area contributed by atoms with Gasteiger partial charge in [-0.3, -0.25) is 9.13 Å². The van der Waals surface area contributed by atoms with E-state index in [-0.39, 0.29) is 27.6 Å². The number of hydrogen-bond acceptors (Lipinski definition) is 5. The number of hydrogen-bond donors (Lipinski definition) is 4. The third-order valence-corrected chi connectivity index (χ3v) is 9.98. The smallest absolute Gasteiger partial charge is 0.320 e. The summed E-state index contributed by atoms with van der Waals surface area (Å²) in [4.78, 5) is 38.0. The Hall–Kier alpha value is -2.29. The van der Waals surface area contributed by atoms with Gasteiger partial charge in [0.25, 0.3) is 0 Å². The van der Waals surface area contributed by atoms with Crippen molar-refractivity contribution in [2.75, 3.05) is 0 Å². The van der Waals surface area contributed by atoms with Crippen molar-refractivity contribution < 1.29 is 46.3 Å². The fourth-order valence-corrected chi connectivity index (χ4v) is 7.30. The number of aryl methyl sites for hydroxylation is 1. The Morgan fingerprint density at radius 3 is 1.56 bits per heavy atom. The maximum atomic E-state index is 14.5. The van der Waals surface area contributed by atoms with Crippen molar-refractivity contribution in [3.05, 3.63) is 109 Å². The second kappa shape index (κ2) is 11.9. The summed E-state index contributed by atoms with van der Waals surface area (Å²) in [7, 11) is -10.2. The second-order valence-electron chi connectivity index (χ2n) is 9.70. The predicted molar refractivity (Wildman–Crippen MR) is 154 cm³/mol. The molecule has 4 rings (SSSR count). The van der Waals surface area contributed by atoms with E-state index in [4.69, 9.17) is 0 Å². The molecule has 230 valence electrons. The Kier molecular flexibility index (Phi) is 9.30. The molecule has 1 aromatic heterocycles. The average molecular weight is 772 g/mol. The highest BCUT2D eigenvalue weighted by atomic mass is 79.9. The van der Waals surface area contributed by atoms with Crippen molar-refractivity contribution in [1.82, 2.24) is 20.2 Å². The van der Waals surface area contributed by atoms with Gasteiger partial charge in [-0.1, -0.05) is 86.5 Å². The van der Waals surface area contributed by atoms with Gasteiger partial charge in [0.1, 0.15) is 0 Å². The van der Waals surface area contributed by atoms with Gasteiger partial charge in [0.05, 0.1) is 12.5 Å². The van der Waals surface area contributed by atoms with Gasteiger partial charge in [0.15, 0.2) is 5.82 Å². The molecule has 18 heteroatoms. The highest BCUT2D eigenvalue weighted by Crippen LogP contribution is 2.61. The summed E-state index contributed by atoms with van der Waals surface area (Å²) in [5.74, 6) is 0.183. The summed E-state index contributed by atoms with van der Waals surface area (Å²) in [5, 5.41) is 12.6. The lowest BCUT2D eigenvalue weighted by atomic mass is 9.70. The van der Waals surface area contributed by atoms with Gasteiger partial charge in [0, 0.05) is 20.1 Å². The molecule has 0 amide bonds. The van der Waals surface area contributed by atoms with Crippen LogP contribution in [0.15, 0.2) is 75.7 Å². The molecule has 0 bridgehead atoms. The van der Waals surface area contributed by atoms with Crippen LogP contribution in [0.1, 0.15) is 33.6 Å². The molecule has 1 heterocycles. The Bertz CT molecular complexity index is 1670. The minimum Gasteiger partial charge on any atom is -0.320 e. The van der Waals surface area contributed by atoms with Crippen LogP contribution in [0.2, 0.25) is 0 Å². The molecule has 0 spiro atoms. The van der Waals surface area contributed by atoms with Crippen LogP contribution < -0.4 is 0 Å². The van der Waals surface area contributed by atoms with Gasteiger partial charge in [-0.15, -0.1) is 10.2 Å². The first-order valence-electron chi connectivity index (χ1n) is 12.0. The third-order valence-electron chi connectivity index (χ3n) is 6.72. The zero-order chi connectivity index (χ0) is 32.0. The molecular weight excluding hydrogens is 750 g/mol. The highest BCUT2D eigenvalue weighted by molar-refractivity contribution is 9.10. The normalized spacial score (nSPS) is 13.4. The Morgan fingerprint density at radius 1 is 0.767 bits per heavy atom. The second-order valence-corrected chi connectivity index (χ2v) is 14.7. The fourth-order valence-electron chi connectivity index (χ4n) is 4.62. The Balaban J connectivity index is 1.88. The summed E-state index contributed by atoms with van der Waals surface area (Å²) in [5.41, 5.74) is -10.5. The monoisotopic (exact) mass is 770 g/mol. The lowest BCUT2D eigenvalue weighted by molar-refractivity contribution is 0.0557. The topological polar surface area (TPSA) is 159 Å². The van der Waals surface area contributed by atoms with Crippen molar-refractivity contribution in [2.45, 2.75) is 29.6 Å². The van der Waals surface area contributed by atoms with E-state index in [1.165, 1.54) is 36.1 Å². The van der Waals surface area contributed by atoms with Crippen molar-refractivity contribution >= 4 is 47.1 Å². The number of alkyl halides is 4. The fraction of sp³-hybridized carbons (Fsp3) is 0.240. The molecule has 0 unspecified atom stereocenters. The lowest BCUT2D eigenvalue weighted by Crippen LogP contribution is -2.35. The highest BCUT2D eigenvalue weighted by Gasteiger charge is 2.52. The van der Waals surface area contributed by atoms with Gasteiger partial charge in [-0.25, -0.2) is 0 Å². The van der Waals surface area contributed by atoms with Crippen molar-refractivity contribution in [2.24, 2.45) is 7.05 Å². The van der Waals surface area contributed by atoms with Crippen LogP contribution in [-0.4, -0.2) is 39.8 Å². The number of benzene rings is 3. The summed E-state index contributed by atoms with van der Waals surface area (Å²) < 4.78 is 80.4. The quantitative estimate of drug-likeness (QED) is 0.113. The van der Waals surface area contributed by atoms with Crippen LogP contribution in [0.3, 0.4) is 0 Å². The van der Waals surface area contributed by atoms with Crippen LogP contribution in [-0.2, 0) is 45.8 Å². The number of nitrogens with zero attached hydrogens (tertiary/aromatic N) is 4. The number of halogens is 6. The first kappa shape index (κ1) is 33.6. The number of tetrazole rings is 1. The van der Waals surface area contributed by atoms with E-state index in [1.54, 1.807) is 30.3 Å². The van der Waals surface area contributed by atoms with Crippen molar-refractivity contribution in [3.63, 3.8) is 0 Å². The SMILES string of the molecule is Cn1nnc(C(Cc2ccc(C(F)(F)P(=O)(O)O)c(Br)c2)(Cc2ccc(C(F)(F)P(=O)(O)O)c(Br)c2)c2ccccc2)n1. The van der Waals surface area contributed by atoms with E-state index in [0.717, 1.165) is 12.1 Å². The van der Waals surface area contributed by atoms with Crippen LogP contribution in [0, 0.1) is 0 Å². The van der Waals surface area contributed by atoms with Gasteiger partial charge in [-0.05, 0) is 46.9 Å². The van der Waals surface area contributed by atoms with Crippen LogP contribution >= 0.6 is 47.1 Å². The van der Waals surface area contributed by atoms with Crippen LogP contribution in [0.4, 0.5) is 17.6 Å². The lowest BCUT2D eigenvalue weighted by Gasteiger charge is -2.32. The molecule has 4 N–H and O–H groups in total. The molecule has 0 saturated heterocycles. The number of rotatable bonds is 10. The summed E-state index contributed by atoms with van der Waals surface area (Å²) >= 11 is 6.01. The van der Waals surface area contributed by atoms with Gasteiger partial charge in [0.2, 0.25) is 0 Å². The molecule has 0 aliphatic rings. The first-order chi connectivity index (χ1) is 19.8. The van der Waals surface area contributed by atoms with E-state index in [9.17, 15) is 46.3 Å². The largest absolute Gasteiger partial charge is 0.399 e. The third kappa shape index (κ3) is 6.57. The molecule has 0 aliphatic carbocycles. The average Bonchev–Trinajstić information content (AvgIpc) is 3.34. The van der Waals surface area contributed by atoms with Gasteiger partial charge >= 0.3 is 26.5 Å². The molecule has 0 saturated carbocycles. The number of aromatic nitrogens is 4. The van der Waals surface area contributed by atoms with Crippen LogP contribution in [0.5, 0.6) is 0 Å². The molecule has 10 nitrogen and oxygen atoms in total. The minimum atomic E-state index is -5.84. The zero-order valence-corrected chi connectivity index (χ0v) is 26.8. The zero-order valence-electron chi connectivity index (χ0n) is 21.8. The summed E-state index contributed by atoms with van der Waals surface area (Å²) in [6.07, 6.45) is 0.0299. The molecular formula is C25H22Br2F4N4O6P2. The van der Waals surface area contributed by atoms with Crippen molar-refractivity contribution in [3.8, 4) is 0 Å². The van der Waals surface area contributed by atoms with E-state index >= 15 is 0 Å². The van der Waals surface area contributed by atoms with E-state index in [1.807, 2.05) is 0 Å². The van der Waals surface area contributed by atoms with Crippen LogP contribution in [0.25, 0.3) is 0 Å². The van der Waals surface area contributed by atoms with Crippen molar-refractivity contribution in [1.29, 1.82) is 0 Å². The molecule has 43 heavy (non-hydrogen) atoms. The van der Waals surface area contributed by atoms with E-state index in [0.29, 0.717) is 16.7 Å². The molecule has 0 atom stereocenters. The minimum absolute atomic E-state index is 0.0150. The predicted octanol–water partition coefficient (Wildman–Crippen LogP) is 5.96. The molecule has 4 aromatic rings. The molecule has 0 radical (unpaired) electrons. The van der Waals surface area contributed by atoms with E-state index < -0.39 is 43.1 Å². The summed E-state index contributed by atoms with van der Waals surface area (Å²) in [6.45, 7) is 0. The Labute approximate surface area is 258 Å². The van der Waals surface area contributed by atoms with E-state index in [2.05, 4.69) is 47.3 Å². The molecule has 0 aliphatic heterocycles. The molecule has 0 fully saturated rings. The maximum absolute atomic E-state index is 14.5. The van der Waals surface area contributed by atoms with Gasteiger partial charge in [-0.2, -0.15) is 22.4 Å². The Morgan fingerprint density at radius 2 is 1.21 bits per heavy atom. The first-order valence-corrected chi connectivity index (χ1v) is 16.9. The van der Waals surface area contributed by atoms with Gasteiger partial charge < -0.3 is 19.6 Å². The summed E-state index contributed by atoms with van der Waals surface area (Å²) in [6, 6.07) is 15.7. The molecule has 3 aromatic carbocycles.